The Morgan fingerprint density at radius 2 is 2.04 bits per heavy atom. The van der Waals surface area contributed by atoms with Gasteiger partial charge in [0.15, 0.2) is 0 Å². The number of hydrogen-bond acceptors (Lipinski definition) is 4. The summed E-state index contributed by atoms with van der Waals surface area (Å²) in [6.45, 7) is 1.77. The molecule has 1 aromatic heterocycles. The number of nitriles is 1. The maximum absolute atomic E-state index is 14.7. The predicted octanol–water partition coefficient (Wildman–Crippen LogP) is 4.77. The highest BCUT2D eigenvalue weighted by molar-refractivity contribution is 5.90. The fourth-order valence-electron chi connectivity index (χ4n) is 3.57. The van der Waals surface area contributed by atoms with Gasteiger partial charge < -0.3 is 14.6 Å². The van der Waals surface area contributed by atoms with Crippen LogP contribution < -0.4 is 9.64 Å². The molecule has 0 unspecified atom stereocenters. The van der Waals surface area contributed by atoms with E-state index in [9.17, 15) is 9.65 Å². The quantitative estimate of drug-likeness (QED) is 0.667. The number of benzene rings is 2. The molecule has 6 heteroatoms. The largest absolute Gasteiger partial charge is 0.497 e. The number of aromatic nitrogens is 2. The Morgan fingerprint density at radius 1 is 1.21 bits per heavy atom. The van der Waals surface area contributed by atoms with Crippen LogP contribution in [0.5, 0.6) is 5.75 Å². The number of H-pyrrole nitrogens is 1. The van der Waals surface area contributed by atoms with E-state index < -0.39 is 0 Å². The van der Waals surface area contributed by atoms with Crippen molar-refractivity contribution in [3.8, 4) is 11.8 Å². The van der Waals surface area contributed by atoms with E-state index in [0.717, 1.165) is 37.0 Å². The van der Waals surface area contributed by atoms with Gasteiger partial charge in [-0.3, -0.25) is 0 Å². The molecule has 0 radical (unpaired) electrons. The molecule has 0 aliphatic carbocycles. The average Bonchev–Trinajstić information content (AvgIpc) is 3.15. The number of imidazole rings is 1. The standard InChI is InChI=1S/C22H21FN4O/c1-28-17-6-7-19-20(13-17)26-22(25-19)16(14-24)11-15-5-8-21(18(23)12-15)27-9-3-2-4-10-27/h5-8,11-13H,2-4,9-10H2,1H3,(H,25,26)/b16-11-. The Bertz CT molecular complexity index is 1070. The molecule has 3 aromatic rings. The SMILES string of the molecule is COc1ccc2nc(/C(C#N)=C\c3ccc(N4CCCCC4)c(F)c3)[nH]c2c1. The lowest BCUT2D eigenvalue weighted by Gasteiger charge is -2.29. The number of nitrogens with one attached hydrogen (secondary N) is 1. The van der Waals surface area contributed by atoms with E-state index in [1.807, 2.05) is 24.3 Å². The van der Waals surface area contributed by atoms with Crippen LogP contribution in [-0.2, 0) is 0 Å². The van der Waals surface area contributed by atoms with Gasteiger partial charge >= 0.3 is 0 Å². The topological polar surface area (TPSA) is 64.9 Å². The van der Waals surface area contributed by atoms with Crippen molar-refractivity contribution in [1.82, 2.24) is 9.97 Å². The van der Waals surface area contributed by atoms with E-state index >= 15 is 0 Å². The highest BCUT2D eigenvalue weighted by Gasteiger charge is 2.15. The van der Waals surface area contributed by atoms with Crippen molar-refractivity contribution < 1.29 is 9.13 Å². The van der Waals surface area contributed by atoms with Gasteiger partial charge in [0.25, 0.3) is 0 Å². The molecule has 0 bridgehead atoms. The summed E-state index contributed by atoms with van der Waals surface area (Å²) < 4.78 is 19.9. The van der Waals surface area contributed by atoms with Gasteiger partial charge in [-0.05, 0) is 55.2 Å². The summed E-state index contributed by atoms with van der Waals surface area (Å²) in [7, 11) is 1.60. The van der Waals surface area contributed by atoms with Crippen LogP contribution in [0.4, 0.5) is 10.1 Å². The zero-order valence-electron chi connectivity index (χ0n) is 15.7. The van der Waals surface area contributed by atoms with E-state index in [1.54, 1.807) is 19.3 Å². The minimum atomic E-state index is -0.262. The molecule has 0 amide bonds. The normalized spacial score (nSPS) is 14.9. The second-order valence-corrected chi connectivity index (χ2v) is 6.90. The maximum atomic E-state index is 14.7. The van der Waals surface area contributed by atoms with Crippen molar-refractivity contribution in [1.29, 1.82) is 5.26 Å². The van der Waals surface area contributed by atoms with Crippen molar-refractivity contribution >= 4 is 28.4 Å². The summed E-state index contributed by atoms with van der Waals surface area (Å²) in [6, 6.07) is 12.7. The number of fused-ring (bicyclic) bond motifs is 1. The van der Waals surface area contributed by atoms with Crippen LogP contribution in [-0.4, -0.2) is 30.2 Å². The van der Waals surface area contributed by atoms with Crippen LogP contribution in [0.1, 0.15) is 30.7 Å². The number of anilines is 1. The number of allylic oxidation sites excluding steroid dienone is 1. The van der Waals surface area contributed by atoms with Crippen LogP contribution in [0.15, 0.2) is 36.4 Å². The van der Waals surface area contributed by atoms with Gasteiger partial charge in [-0.2, -0.15) is 5.26 Å². The fourth-order valence-corrected chi connectivity index (χ4v) is 3.57. The third-order valence-electron chi connectivity index (χ3n) is 5.04. The average molecular weight is 376 g/mol. The molecule has 0 saturated carbocycles. The van der Waals surface area contributed by atoms with Gasteiger partial charge in [-0.25, -0.2) is 9.37 Å². The monoisotopic (exact) mass is 376 g/mol. The summed E-state index contributed by atoms with van der Waals surface area (Å²) in [6.07, 6.45) is 5.04. The molecule has 142 valence electrons. The smallest absolute Gasteiger partial charge is 0.149 e. The maximum Gasteiger partial charge on any atom is 0.149 e. The summed E-state index contributed by atoms with van der Waals surface area (Å²) in [4.78, 5) is 9.69. The first kappa shape index (κ1) is 18.1. The van der Waals surface area contributed by atoms with E-state index in [4.69, 9.17) is 4.74 Å². The highest BCUT2D eigenvalue weighted by atomic mass is 19.1. The van der Waals surface area contributed by atoms with Crippen molar-refractivity contribution in [2.45, 2.75) is 19.3 Å². The summed E-state index contributed by atoms with van der Waals surface area (Å²) in [5.41, 5.74) is 3.13. The molecule has 2 heterocycles. The van der Waals surface area contributed by atoms with Gasteiger partial charge in [0.2, 0.25) is 0 Å². The molecule has 0 spiro atoms. The molecular weight excluding hydrogens is 355 g/mol. The van der Waals surface area contributed by atoms with Crippen LogP contribution in [0, 0.1) is 17.1 Å². The molecule has 1 aliphatic rings. The van der Waals surface area contributed by atoms with E-state index in [0.29, 0.717) is 28.4 Å². The summed E-state index contributed by atoms with van der Waals surface area (Å²) >= 11 is 0. The Hall–Kier alpha value is -3.33. The van der Waals surface area contributed by atoms with E-state index in [-0.39, 0.29) is 5.82 Å². The number of halogens is 1. The van der Waals surface area contributed by atoms with Gasteiger partial charge in [-0.1, -0.05) is 6.07 Å². The zero-order chi connectivity index (χ0) is 19.5. The molecule has 4 rings (SSSR count). The summed E-state index contributed by atoms with van der Waals surface area (Å²) in [5.74, 6) is 0.897. The van der Waals surface area contributed by atoms with Gasteiger partial charge in [0.1, 0.15) is 23.5 Å². The number of methoxy groups -OCH3 is 1. The number of hydrogen-bond donors (Lipinski definition) is 1. The second-order valence-electron chi connectivity index (χ2n) is 6.90. The molecular formula is C22H21FN4O. The lowest BCUT2D eigenvalue weighted by atomic mass is 10.1. The first-order valence-electron chi connectivity index (χ1n) is 9.38. The third-order valence-corrected chi connectivity index (χ3v) is 5.04. The van der Waals surface area contributed by atoms with E-state index in [1.165, 1.54) is 12.5 Å². The second kappa shape index (κ2) is 7.73. The van der Waals surface area contributed by atoms with Crippen LogP contribution in [0.2, 0.25) is 0 Å². The summed E-state index contributed by atoms with van der Waals surface area (Å²) in [5, 5.41) is 9.59. The molecule has 2 aromatic carbocycles. The van der Waals surface area contributed by atoms with E-state index in [2.05, 4.69) is 20.9 Å². The minimum Gasteiger partial charge on any atom is -0.497 e. The molecule has 1 N–H and O–H groups in total. The Labute approximate surface area is 163 Å². The van der Waals surface area contributed by atoms with Crippen LogP contribution in [0.25, 0.3) is 22.7 Å². The minimum absolute atomic E-state index is 0.262. The Morgan fingerprint density at radius 3 is 2.75 bits per heavy atom. The lowest BCUT2D eigenvalue weighted by Crippen LogP contribution is -2.30. The van der Waals surface area contributed by atoms with Gasteiger partial charge in [-0.15, -0.1) is 0 Å². The third kappa shape index (κ3) is 3.56. The van der Waals surface area contributed by atoms with Crippen molar-refractivity contribution in [2.75, 3.05) is 25.1 Å². The lowest BCUT2D eigenvalue weighted by molar-refractivity contribution is 0.415. The number of aromatic amines is 1. The first-order chi connectivity index (χ1) is 13.7. The molecule has 5 nitrogen and oxygen atoms in total. The highest BCUT2D eigenvalue weighted by Crippen LogP contribution is 2.26. The van der Waals surface area contributed by atoms with Crippen LogP contribution >= 0.6 is 0 Å². The van der Waals surface area contributed by atoms with Crippen LogP contribution in [0.3, 0.4) is 0 Å². The number of nitrogens with zero attached hydrogens (tertiary/aromatic N) is 3. The Kier molecular flexibility index (Phi) is 4.98. The molecule has 28 heavy (non-hydrogen) atoms. The predicted molar refractivity (Wildman–Crippen MR) is 109 cm³/mol. The number of ether oxygens (including phenoxy) is 1. The van der Waals surface area contributed by atoms with Gasteiger partial charge in [0.05, 0.1) is 29.4 Å². The molecule has 0 atom stereocenters. The first-order valence-corrected chi connectivity index (χ1v) is 9.38. The molecule has 1 saturated heterocycles. The van der Waals surface area contributed by atoms with Crippen molar-refractivity contribution in [2.24, 2.45) is 0 Å². The van der Waals surface area contributed by atoms with Crippen molar-refractivity contribution in [3.63, 3.8) is 0 Å². The number of rotatable bonds is 4. The number of piperidine rings is 1. The fraction of sp³-hybridized carbons (Fsp3) is 0.273. The van der Waals surface area contributed by atoms with Gasteiger partial charge in [0, 0.05) is 19.2 Å². The zero-order valence-corrected chi connectivity index (χ0v) is 15.7. The molecule has 1 fully saturated rings. The molecule has 1 aliphatic heterocycles. The Balaban J connectivity index is 1.64. The van der Waals surface area contributed by atoms with Crippen molar-refractivity contribution in [3.05, 3.63) is 53.6 Å².